The van der Waals surface area contributed by atoms with Crippen LogP contribution in [0.15, 0.2) is 24.3 Å². The fraction of sp³-hybridized carbons (Fsp3) is 0.462. The summed E-state index contributed by atoms with van der Waals surface area (Å²) in [5.74, 6) is 1.02. The Morgan fingerprint density at radius 1 is 1.38 bits per heavy atom. The smallest absolute Gasteiger partial charge is 0.121 e. The number of hydrogen-bond acceptors (Lipinski definition) is 2. The summed E-state index contributed by atoms with van der Waals surface area (Å²) in [4.78, 5) is 7.85. The first kappa shape index (κ1) is 11.1. The van der Waals surface area contributed by atoms with E-state index in [0.29, 0.717) is 6.04 Å². The monoisotopic (exact) mass is 217 g/mol. The maximum atomic E-state index is 4.53. The summed E-state index contributed by atoms with van der Waals surface area (Å²) in [5.41, 5.74) is 2.16. The van der Waals surface area contributed by atoms with Gasteiger partial charge in [0.05, 0.1) is 17.6 Å². The number of aromatic nitrogens is 2. The average Bonchev–Trinajstić information content (AvgIpc) is 2.69. The Hall–Kier alpha value is -1.35. The lowest BCUT2D eigenvalue weighted by Crippen LogP contribution is -2.25. The van der Waals surface area contributed by atoms with Gasteiger partial charge in [-0.15, -0.1) is 0 Å². The SMILES string of the molecule is CCCC(C)NCc1nc2ccccc2[nH]1. The second-order valence-electron chi connectivity index (χ2n) is 4.27. The Morgan fingerprint density at radius 3 is 2.94 bits per heavy atom. The van der Waals surface area contributed by atoms with Crippen molar-refractivity contribution in [3.63, 3.8) is 0 Å². The molecule has 0 saturated heterocycles. The number of rotatable bonds is 5. The highest BCUT2D eigenvalue weighted by molar-refractivity contribution is 5.74. The van der Waals surface area contributed by atoms with Crippen molar-refractivity contribution < 1.29 is 0 Å². The van der Waals surface area contributed by atoms with Crippen LogP contribution in [0.25, 0.3) is 11.0 Å². The number of fused-ring (bicyclic) bond motifs is 1. The molecule has 1 aromatic heterocycles. The molecular weight excluding hydrogens is 198 g/mol. The van der Waals surface area contributed by atoms with Gasteiger partial charge < -0.3 is 10.3 Å². The molecule has 16 heavy (non-hydrogen) atoms. The summed E-state index contributed by atoms with van der Waals surface area (Å²) >= 11 is 0. The Bertz CT molecular complexity index is 414. The number of para-hydroxylation sites is 2. The fourth-order valence-corrected chi connectivity index (χ4v) is 1.90. The highest BCUT2D eigenvalue weighted by Gasteiger charge is 2.03. The van der Waals surface area contributed by atoms with Crippen LogP contribution in [0.5, 0.6) is 0 Å². The van der Waals surface area contributed by atoms with Crippen molar-refractivity contribution in [1.29, 1.82) is 0 Å². The molecule has 1 heterocycles. The lowest BCUT2D eigenvalue weighted by Gasteiger charge is -2.10. The molecule has 1 aromatic carbocycles. The van der Waals surface area contributed by atoms with Crippen molar-refractivity contribution in [2.75, 3.05) is 0 Å². The maximum Gasteiger partial charge on any atom is 0.121 e. The second kappa shape index (κ2) is 5.12. The Balaban J connectivity index is 1.99. The zero-order chi connectivity index (χ0) is 11.4. The second-order valence-corrected chi connectivity index (χ2v) is 4.27. The van der Waals surface area contributed by atoms with E-state index in [1.54, 1.807) is 0 Å². The number of benzene rings is 1. The largest absolute Gasteiger partial charge is 0.341 e. The zero-order valence-corrected chi connectivity index (χ0v) is 9.96. The van der Waals surface area contributed by atoms with Crippen LogP contribution < -0.4 is 5.32 Å². The van der Waals surface area contributed by atoms with Crippen LogP contribution >= 0.6 is 0 Å². The van der Waals surface area contributed by atoms with Crippen molar-refractivity contribution in [2.24, 2.45) is 0 Å². The first-order chi connectivity index (χ1) is 7.79. The normalized spacial score (nSPS) is 13.1. The molecule has 0 aliphatic rings. The first-order valence-electron chi connectivity index (χ1n) is 5.96. The van der Waals surface area contributed by atoms with E-state index in [-0.39, 0.29) is 0 Å². The minimum absolute atomic E-state index is 0.554. The predicted octanol–water partition coefficient (Wildman–Crippen LogP) is 2.84. The zero-order valence-electron chi connectivity index (χ0n) is 9.96. The first-order valence-corrected chi connectivity index (χ1v) is 5.96. The lowest BCUT2D eigenvalue weighted by atomic mass is 10.2. The Kier molecular flexibility index (Phi) is 3.57. The van der Waals surface area contributed by atoms with E-state index in [1.165, 1.54) is 12.8 Å². The molecule has 2 rings (SSSR count). The van der Waals surface area contributed by atoms with Gasteiger partial charge in [-0.05, 0) is 25.5 Å². The van der Waals surface area contributed by atoms with E-state index in [4.69, 9.17) is 0 Å². The minimum Gasteiger partial charge on any atom is -0.341 e. The molecule has 1 unspecified atom stereocenters. The highest BCUT2D eigenvalue weighted by atomic mass is 15.0. The molecule has 0 aliphatic heterocycles. The van der Waals surface area contributed by atoms with E-state index in [0.717, 1.165) is 23.4 Å². The third kappa shape index (κ3) is 2.61. The average molecular weight is 217 g/mol. The summed E-state index contributed by atoms with van der Waals surface area (Å²) in [6.45, 7) is 5.24. The molecule has 2 aromatic rings. The molecule has 0 radical (unpaired) electrons. The number of nitrogens with zero attached hydrogens (tertiary/aromatic N) is 1. The van der Waals surface area contributed by atoms with E-state index in [9.17, 15) is 0 Å². The topological polar surface area (TPSA) is 40.7 Å². The number of H-pyrrole nitrogens is 1. The third-order valence-corrected chi connectivity index (χ3v) is 2.78. The van der Waals surface area contributed by atoms with E-state index in [1.807, 2.05) is 18.2 Å². The molecule has 86 valence electrons. The lowest BCUT2D eigenvalue weighted by molar-refractivity contribution is 0.501. The number of aromatic amines is 1. The molecule has 0 fully saturated rings. The number of hydrogen-bond donors (Lipinski definition) is 2. The van der Waals surface area contributed by atoms with E-state index >= 15 is 0 Å². The van der Waals surface area contributed by atoms with E-state index < -0.39 is 0 Å². The molecule has 2 N–H and O–H groups in total. The molecule has 0 spiro atoms. The summed E-state index contributed by atoms with van der Waals surface area (Å²) in [6.07, 6.45) is 2.43. The Labute approximate surface area is 96.3 Å². The van der Waals surface area contributed by atoms with Crippen molar-refractivity contribution in [3.05, 3.63) is 30.1 Å². The van der Waals surface area contributed by atoms with Gasteiger partial charge in [-0.1, -0.05) is 25.5 Å². The highest BCUT2D eigenvalue weighted by Crippen LogP contribution is 2.10. The third-order valence-electron chi connectivity index (χ3n) is 2.78. The van der Waals surface area contributed by atoms with Crippen molar-refractivity contribution >= 4 is 11.0 Å². The molecule has 0 saturated carbocycles. The number of imidazole rings is 1. The summed E-state index contributed by atoms with van der Waals surface area (Å²) in [5, 5.41) is 3.47. The predicted molar refractivity (Wildman–Crippen MR) is 67.3 cm³/mol. The molecule has 0 amide bonds. The molecule has 0 aliphatic carbocycles. The summed E-state index contributed by atoms with van der Waals surface area (Å²) in [7, 11) is 0. The molecular formula is C13H19N3. The maximum absolute atomic E-state index is 4.53. The van der Waals surface area contributed by atoms with Gasteiger partial charge in [0.25, 0.3) is 0 Å². The standard InChI is InChI=1S/C13H19N3/c1-3-6-10(2)14-9-13-15-11-7-4-5-8-12(11)16-13/h4-5,7-8,10,14H,3,6,9H2,1-2H3,(H,15,16). The molecule has 1 atom stereocenters. The molecule has 3 nitrogen and oxygen atoms in total. The minimum atomic E-state index is 0.554. The van der Waals surface area contributed by atoms with Gasteiger partial charge >= 0.3 is 0 Å². The summed E-state index contributed by atoms with van der Waals surface area (Å²) in [6, 6.07) is 8.68. The molecule has 3 heteroatoms. The van der Waals surface area contributed by atoms with Crippen LogP contribution in [0.1, 0.15) is 32.5 Å². The van der Waals surface area contributed by atoms with Gasteiger partial charge in [0.1, 0.15) is 5.82 Å². The number of nitrogens with one attached hydrogen (secondary N) is 2. The van der Waals surface area contributed by atoms with Crippen LogP contribution in [0.4, 0.5) is 0 Å². The van der Waals surface area contributed by atoms with Crippen molar-refractivity contribution in [2.45, 2.75) is 39.3 Å². The summed E-state index contributed by atoms with van der Waals surface area (Å²) < 4.78 is 0. The molecule has 0 bridgehead atoms. The fourth-order valence-electron chi connectivity index (χ4n) is 1.90. The van der Waals surface area contributed by atoms with Gasteiger partial charge in [-0.3, -0.25) is 0 Å². The van der Waals surface area contributed by atoms with Crippen molar-refractivity contribution in [3.8, 4) is 0 Å². The van der Waals surface area contributed by atoms with Crippen LogP contribution in [0, 0.1) is 0 Å². The van der Waals surface area contributed by atoms with Crippen molar-refractivity contribution in [1.82, 2.24) is 15.3 Å². The van der Waals surface area contributed by atoms with Crippen LogP contribution in [-0.4, -0.2) is 16.0 Å². The van der Waals surface area contributed by atoms with Gasteiger partial charge in [0.15, 0.2) is 0 Å². The van der Waals surface area contributed by atoms with Gasteiger partial charge in [-0.25, -0.2) is 4.98 Å². The van der Waals surface area contributed by atoms with Crippen LogP contribution in [0.2, 0.25) is 0 Å². The van der Waals surface area contributed by atoms with Crippen LogP contribution in [-0.2, 0) is 6.54 Å². The van der Waals surface area contributed by atoms with E-state index in [2.05, 4.69) is 35.2 Å². The quantitative estimate of drug-likeness (QED) is 0.808. The van der Waals surface area contributed by atoms with Gasteiger partial charge in [0.2, 0.25) is 0 Å². The Morgan fingerprint density at radius 2 is 2.19 bits per heavy atom. The van der Waals surface area contributed by atoms with Crippen LogP contribution in [0.3, 0.4) is 0 Å². The van der Waals surface area contributed by atoms with Gasteiger partial charge in [0, 0.05) is 6.04 Å². The van der Waals surface area contributed by atoms with Gasteiger partial charge in [-0.2, -0.15) is 0 Å².